The number of rotatable bonds is 6. The minimum Gasteiger partial charge on any atom is -0.322 e. The van der Waals surface area contributed by atoms with Gasteiger partial charge in [-0.25, -0.2) is 17.2 Å². The monoisotopic (exact) mass is 594 g/mol. The summed E-state index contributed by atoms with van der Waals surface area (Å²) in [6.45, 7) is 0. The highest BCUT2D eigenvalue weighted by molar-refractivity contribution is 7.90. The van der Waals surface area contributed by atoms with Gasteiger partial charge in [-0.1, -0.05) is 24.3 Å². The van der Waals surface area contributed by atoms with Crippen molar-refractivity contribution in [2.24, 2.45) is 0 Å². The molecule has 0 spiro atoms. The average Bonchev–Trinajstić information content (AvgIpc) is 2.85. The van der Waals surface area contributed by atoms with Crippen molar-refractivity contribution in [3.63, 3.8) is 0 Å². The molecule has 40 heavy (non-hydrogen) atoms. The smallest absolute Gasteiger partial charge is 0.322 e. The first-order valence-electron chi connectivity index (χ1n) is 10.9. The highest BCUT2D eigenvalue weighted by Crippen LogP contribution is 2.53. The van der Waals surface area contributed by atoms with Crippen molar-refractivity contribution in [1.82, 2.24) is 0 Å². The lowest BCUT2D eigenvalue weighted by molar-refractivity contribution is -0.348. The zero-order valence-electron chi connectivity index (χ0n) is 20.4. The second-order valence-corrected chi connectivity index (χ2v) is 10.5. The van der Waals surface area contributed by atoms with Crippen molar-refractivity contribution in [1.29, 1.82) is 0 Å². The highest BCUT2D eigenvalue weighted by Gasteiger charge is 2.73. The van der Waals surface area contributed by atoms with E-state index in [4.69, 9.17) is 0 Å². The number of carbonyl (C=O) groups excluding carboxylic acids is 2. The molecule has 214 valence electrons. The van der Waals surface area contributed by atoms with Crippen LogP contribution in [0, 0.1) is 5.82 Å². The Morgan fingerprint density at radius 3 is 1.98 bits per heavy atom. The summed E-state index contributed by atoms with van der Waals surface area (Å²) < 4.78 is 132. The second kappa shape index (κ2) is 10.5. The van der Waals surface area contributed by atoms with Crippen LogP contribution in [0.1, 0.15) is 26.3 Å². The van der Waals surface area contributed by atoms with Crippen LogP contribution in [-0.2, 0) is 15.5 Å². The molecular weight excluding hydrogens is 576 g/mol. The maximum atomic E-state index is 14.6. The van der Waals surface area contributed by atoms with Crippen LogP contribution in [0.4, 0.5) is 46.5 Å². The van der Waals surface area contributed by atoms with Gasteiger partial charge in [0.2, 0.25) is 0 Å². The minimum absolute atomic E-state index is 0.00348. The summed E-state index contributed by atoms with van der Waals surface area (Å²) in [5.41, 5.74) is -9.10. The van der Waals surface area contributed by atoms with Crippen molar-refractivity contribution in [3.8, 4) is 0 Å². The maximum absolute atomic E-state index is 14.6. The third kappa shape index (κ3) is 5.78. The number of hydrogen-bond acceptors (Lipinski definition) is 4. The van der Waals surface area contributed by atoms with Crippen LogP contribution in [-0.4, -0.2) is 45.9 Å². The fourth-order valence-electron chi connectivity index (χ4n) is 3.67. The molecule has 3 aromatic carbocycles. The molecule has 3 rings (SSSR count). The quantitative estimate of drug-likeness (QED) is 0.353. The van der Waals surface area contributed by atoms with E-state index < -0.39 is 61.6 Å². The van der Waals surface area contributed by atoms with Crippen LogP contribution >= 0.6 is 0 Å². The van der Waals surface area contributed by atoms with Crippen LogP contribution < -0.4 is 10.2 Å². The van der Waals surface area contributed by atoms with Gasteiger partial charge in [0.25, 0.3) is 11.8 Å². The highest BCUT2D eigenvalue weighted by atomic mass is 32.2. The third-order valence-corrected chi connectivity index (χ3v) is 6.82. The predicted octanol–water partition coefficient (Wildman–Crippen LogP) is 6.05. The number of nitrogens with one attached hydrogen (secondary N) is 1. The van der Waals surface area contributed by atoms with Crippen LogP contribution in [0.25, 0.3) is 0 Å². The maximum Gasteiger partial charge on any atom is 0.435 e. The molecule has 0 radical (unpaired) electrons. The number of sulfone groups is 1. The Kier molecular flexibility index (Phi) is 8.03. The molecule has 0 bridgehead atoms. The van der Waals surface area contributed by atoms with Crippen molar-refractivity contribution in [2.45, 2.75) is 22.9 Å². The number of alkyl halides is 7. The van der Waals surface area contributed by atoms with E-state index in [1.54, 1.807) is 0 Å². The molecular formula is C25H18F8N2O4S. The van der Waals surface area contributed by atoms with Gasteiger partial charge in [0.05, 0.1) is 16.1 Å². The topological polar surface area (TPSA) is 83.6 Å². The number of benzene rings is 3. The van der Waals surface area contributed by atoms with Gasteiger partial charge in [-0.2, -0.15) is 26.3 Å². The molecule has 0 aliphatic heterocycles. The minimum atomic E-state index is -6.49. The SMILES string of the molecule is CN(C(=O)c1cccc(NC(=O)c2ccccc2F)c1)c1ccc(C(F)(C(F)(F)F)C(F)(F)F)cc1S(C)(=O)=O. The molecule has 0 unspecified atom stereocenters. The number of anilines is 2. The van der Waals surface area contributed by atoms with Crippen LogP contribution in [0.15, 0.2) is 71.6 Å². The van der Waals surface area contributed by atoms with Crippen molar-refractivity contribution >= 4 is 33.0 Å². The lowest BCUT2D eigenvalue weighted by Gasteiger charge is -2.31. The van der Waals surface area contributed by atoms with Crippen LogP contribution in [0.2, 0.25) is 0 Å². The van der Waals surface area contributed by atoms with Gasteiger partial charge in [-0.05, 0) is 42.5 Å². The number of amides is 2. The van der Waals surface area contributed by atoms with Gasteiger partial charge >= 0.3 is 18.0 Å². The van der Waals surface area contributed by atoms with Gasteiger partial charge < -0.3 is 10.2 Å². The first kappa shape index (κ1) is 30.5. The summed E-state index contributed by atoms with van der Waals surface area (Å²) >= 11 is 0. The van der Waals surface area contributed by atoms with E-state index in [0.717, 1.165) is 19.2 Å². The number of carbonyl (C=O) groups is 2. The van der Waals surface area contributed by atoms with E-state index in [2.05, 4.69) is 5.32 Å². The average molecular weight is 594 g/mol. The van der Waals surface area contributed by atoms with Crippen molar-refractivity contribution < 1.29 is 53.1 Å². The molecule has 0 atom stereocenters. The molecule has 0 aliphatic rings. The summed E-state index contributed by atoms with van der Waals surface area (Å²) in [5, 5.41) is 2.36. The number of halogens is 8. The molecule has 3 aromatic rings. The largest absolute Gasteiger partial charge is 0.435 e. The number of nitrogens with zero attached hydrogens (tertiary/aromatic N) is 1. The van der Waals surface area contributed by atoms with Crippen LogP contribution in [0.3, 0.4) is 0 Å². The van der Waals surface area contributed by atoms with E-state index in [-0.39, 0.29) is 28.9 Å². The Hall–Kier alpha value is -4.01. The Morgan fingerprint density at radius 1 is 0.825 bits per heavy atom. The Balaban J connectivity index is 2.02. The first-order chi connectivity index (χ1) is 18.3. The first-order valence-corrected chi connectivity index (χ1v) is 12.8. The van der Waals surface area contributed by atoms with E-state index in [1.165, 1.54) is 36.4 Å². The molecule has 0 saturated carbocycles. The lowest BCUT2D eigenvalue weighted by Crippen LogP contribution is -2.50. The Morgan fingerprint density at radius 2 is 1.43 bits per heavy atom. The molecule has 0 aromatic heterocycles. The Bertz CT molecular complexity index is 1560. The van der Waals surface area contributed by atoms with Crippen molar-refractivity contribution in [2.75, 3.05) is 23.5 Å². The number of hydrogen-bond donors (Lipinski definition) is 1. The second-order valence-electron chi connectivity index (χ2n) is 8.49. The fourth-order valence-corrected chi connectivity index (χ4v) is 4.59. The van der Waals surface area contributed by atoms with Gasteiger partial charge in [0.1, 0.15) is 5.82 Å². The molecule has 2 amide bonds. The van der Waals surface area contributed by atoms with Gasteiger partial charge in [-0.3, -0.25) is 9.59 Å². The lowest BCUT2D eigenvalue weighted by atomic mass is 9.94. The summed E-state index contributed by atoms with van der Waals surface area (Å²) in [7, 11) is -3.64. The molecule has 0 aliphatic carbocycles. The van der Waals surface area contributed by atoms with Crippen LogP contribution in [0.5, 0.6) is 0 Å². The zero-order chi connectivity index (χ0) is 30.3. The van der Waals surface area contributed by atoms with E-state index in [0.29, 0.717) is 17.2 Å². The normalized spacial score (nSPS) is 12.7. The third-order valence-electron chi connectivity index (χ3n) is 5.69. The van der Waals surface area contributed by atoms with E-state index in [1.807, 2.05) is 0 Å². The summed E-state index contributed by atoms with van der Waals surface area (Å²) in [6, 6.07) is 10.4. The predicted molar refractivity (Wildman–Crippen MR) is 128 cm³/mol. The van der Waals surface area contributed by atoms with E-state index >= 15 is 0 Å². The van der Waals surface area contributed by atoms with Gasteiger partial charge in [0.15, 0.2) is 9.84 Å². The zero-order valence-corrected chi connectivity index (χ0v) is 21.2. The van der Waals surface area contributed by atoms with Gasteiger partial charge in [0, 0.05) is 30.1 Å². The molecule has 6 nitrogen and oxygen atoms in total. The van der Waals surface area contributed by atoms with Gasteiger partial charge in [-0.15, -0.1) is 0 Å². The molecule has 0 fully saturated rings. The molecule has 1 N–H and O–H groups in total. The molecule has 0 heterocycles. The molecule has 15 heteroatoms. The standard InChI is InChI=1S/C25H18F8N2O4S/c1-35(22(37)14-6-5-7-16(12-14)34-21(36)17-8-3-4-9-18(17)26)19-11-10-15(13-20(19)40(2,38)39)23(27,24(28,29)30)25(31,32)33/h3-13H,1-2H3,(H,34,36). The van der Waals surface area contributed by atoms with E-state index in [9.17, 15) is 53.1 Å². The summed E-state index contributed by atoms with van der Waals surface area (Å²) in [4.78, 5) is 24.9. The summed E-state index contributed by atoms with van der Waals surface area (Å²) in [5.74, 6) is -2.69. The summed E-state index contributed by atoms with van der Waals surface area (Å²) in [6.07, 6.45) is -12.5. The molecule has 0 saturated heterocycles. The Labute approximate surface area is 222 Å². The van der Waals surface area contributed by atoms with Crippen molar-refractivity contribution in [3.05, 3.63) is 89.2 Å². The fraction of sp³-hybridized carbons (Fsp3) is 0.200.